The Morgan fingerprint density at radius 2 is 2.00 bits per heavy atom. The van der Waals surface area contributed by atoms with E-state index in [1.807, 2.05) is 13.8 Å². The minimum Gasteiger partial charge on any atom is -0.480 e. The van der Waals surface area contributed by atoms with E-state index < -0.39 is 22.8 Å². The minimum atomic E-state index is -1.00. The minimum absolute atomic E-state index is 0.271. The Morgan fingerprint density at radius 1 is 1.36 bits per heavy atom. The van der Waals surface area contributed by atoms with Crippen LogP contribution in [-0.2, 0) is 9.59 Å². The molecule has 0 bridgehead atoms. The van der Waals surface area contributed by atoms with Gasteiger partial charge in [-0.2, -0.15) is 0 Å². The molecular formula is C18H17Cl2N3O4S. The summed E-state index contributed by atoms with van der Waals surface area (Å²) >= 11 is 14.1. The molecule has 1 aromatic heterocycles. The number of anilines is 1. The van der Waals surface area contributed by atoms with Crippen LogP contribution in [0.25, 0.3) is 11.3 Å². The van der Waals surface area contributed by atoms with Crippen LogP contribution in [0.3, 0.4) is 0 Å². The summed E-state index contributed by atoms with van der Waals surface area (Å²) in [5, 5.41) is 17.3. The van der Waals surface area contributed by atoms with Crippen LogP contribution in [0.2, 0.25) is 10.0 Å². The number of aryl methyl sites for hydroxylation is 1. The fourth-order valence-electron chi connectivity index (χ4n) is 3.74. The van der Waals surface area contributed by atoms with Crippen molar-refractivity contribution in [3.8, 4) is 11.3 Å². The number of rotatable bonds is 4. The predicted octanol–water partition coefficient (Wildman–Crippen LogP) is 3.88. The van der Waals surface area contributed by atoms with Gasteiger partial charge in [-0.1, -0.05) is 34.4 Å². The Kier molecular flexibility index (Phi) is 4.56. The molecule has 10 heteroatoms. The van der Waals surface area contributed by atoms with Crippen LogP contribution in [0.4, 0.5) is 5.69 Å². The van der Waals surface area contributed by atoms with Gasteiger partial charge in [0.1, 0.15) is 28.8 Å². The molecule has 2 fully saturated rings. The largest absolute Gasteiger partial charge is 0.480 e. The first-order valence-electron chi connectivity index (χ1n) is 8.53. The molecule has 2 aliphatic heterocycles. The number of carboxylic acids is 1. The number of nitrogens with zero attached hydrogens (tertiary/aromatic N) is 2. The van der Waals surface area contributed by atoms with E-state index in [0.717, 1.165) is 0 Å². The Labute approximate surface area is 175 Å². The van der Waals surface area contributed by atoms with Crippen molar-refractivity contribution in [1.29, 1.82) is 0 Å². The zero-order valence-electron chi connectivity index (χ0n) is 15.2. The molecule has 4 rings (SSSR count). The van der Waals surface area contributed by atoms with Gasteiger partial charge in [0.25, 0.3) is 0 Å². The Balaban J connectivity index is 1.67. The summed E-state index contributed by atoms with van der Waals surface area (Å²) < 4.78 is 4.72. The molecule has 7 nitrogen and oxygen atoms in total. The number of aromatic nitrogens is 1. The Bertz CT molecular complexity index is 973. The molecule has 3 heterocycles. The summed E-state index contributed by atoms with van der Waals surface area (Å²) in [6.45, 7) is 5.38. The van der Waals surface area contributed by atoms with Crippen molar-refractivity contribution >= 4 is 52.5 Å². The van der Waals surface area contributed by atoms with Crippen molar-refractivity contribution in [3.63, 3.8) is 0 Å². The monoisotopic (exact) mass is 441 g/mol. The quantitative estimate of drug-likeness (QED) is 0.694. The molecule has 28 heavy (non-hydrogen) atoms. The molecule has 0 spiro atoms. The number of benzene rings is 1. The van der Waals surface area contributed by atoms with Crippen molar-refractivity contribution in [2.24, 2.45) is 0 Å². The van der Waals surface area contributed by atoms with Gasteiger partial charge in [-0.25, -0.2) is 4.79 Å². The number of carbonyl (C=O) groups excluding carboxylic acids is 1. The zero-order valence-corrected chi connectivity index (χ0v) is 17.5. The van der Waals surface area contributed by atoms with Crippen LogP contribution in [0, 0.1) is 6.92 Å². The molecule has 1 amide bonds. The van der Waals surface area contributed by atoms with Crippen LogP contribution in [0.15, 0.2) is 22.7 Å². The van der Waals surface area contributed by atoms with Crippen molar-refractivity contribution in [2.75, 3.05) is 5.32 Å². The van der Waals surface area contributed by atoms with Gasteiger partial charge in [0.15, 0.2) is 5.76 Å². The average molecular weight is 442 g/mol. The summed E-state index contributed by atoms with van der Waals surface area (Å²) in [4.78, 5) is 25.8. The molecule has 2 aromatic rings. The third-order valence-electron chi connectivity index (χ3n) is 5.04. The first-order valence-corrected chi connectivity index (χ1v) is 10.2. The number of aliphatic carboxylic acids is 1. The van der Waals surface area contributed by atoms with E-state index in [2.05, 4.69) is 10.5 Å². The standard InChI is InChI=1S/C18H17Cl2N3O4S/c1-7-11(12(22-27-7)10-8(19)5-4-6-9(10)20)21-13-15(24)23-14(17(25)26)18(2,3)28-16(13)23/h4-6,13-14,16,21H,1-3H3,(H,25,26). The second-order valence-electron chi connectivity index (χ2n) is 7.28. The van der Waals surface area contributed by atoms with Crippen LogP contribution in [-0.4, -0.2) is 49.2 Å². The summed E-state index contributed by atoms with van der Waals surface area (Å²) in [5.74, 6) is -0.793. The third-order valence-corrected chi connectivity index (χ3v) is 7.24. The molecule has 0 saturated carbocycles. The van der Waals surface area contributed by atoms with Gasteiger partial charge in [-0.15, -0.1) is 11.8 Å². The number of nitrogens with one attached hydrogen (secondary N) is 1. The highest BCUT2D eigenvalue weighted by Crippen LogP contribution is 2.52. The van der Waals surface area contributed by atoms with Crippen LogP contribution in [0.5, 0.6) is 0 Å². The molecular weight excluding hydrogens is 425 g/mol. The lowest BCUT2D eigenvalue weighted by atomic mass is 9.95. The smallest absolute Gasteiger partial charge is 0.327 e. The highest BCUT2D eigenvalue weighted by atomic mass is 35.5. The maximum Gasteiger partial charge on any atom is 0.327 e. The third kappa shape index (κ3) is 2.77. The molecule has 0 aliphatic carbocycles. The van der Waals surface area contributed by atoms with Gasteiger partial charge in [0, 0.05) is 10.3 Å². The van der Waals surface area contributed by atoms with E-state index in [-0.39, 0.29) is 11.3 Å². The van der Waals surface area contributed by atoms with E-state index in [1.54, 1.807) is 25.1 Å². The summed E-state index contributed by atoms with van der Waals surface area (Å²) in [5.41, 5.74) is 1.44. The second kappa shape index (κ2) is 6.57. The molecule has 3 atom stereocenters. The number of carboxylic acid groups (broad SMARTS) is 1. The van der Waals surface area contributed by atoms with E-state index >= 15 is 0 Å². The van der Waals surface area contributed by atoms with Gasteiger partial charge < -0.3 is 19.8 Å². The van der Waals surface area contributed by atoms with Crippen LogP contribution < -0.4 is 5.32 Å². The molecule has 2 aliphatic rings. The first-order chi connectivity index (χ1) is 13.1. The normalized spacial score (nSPS) is 25.4. The van der Waals surface area contributed by atoms with E-state index in [9.17, 15) is 14.7 Å². The van der Waals surface area contributed by atoms with Crippen LogP contribution >= 0.6 is 35.0 Å². The van der Waals surface area contributed by atoms with E-state index in [0.29, 0.717) is 32.8 Å². The number of hydrogen-bond acceptors (Lipinski definition) is 6. The van der Waals surface area contributed by atoms with Gasteiger partial charge in [0.2, 0.25) is 5.91 Å². The highest BCUT2D eigenvalue weighted by molar-refractivity contribution is 8.01. The fraction of sp³-hybridized carbons (Fsp3) is 0.389. The maximum atomic E-state index is 12.7. The molecule has 148 valence electrons. The zero-order chi connectivity index (χ0) is 20.4. The number of carbonyl (C=O) groups is 2. The Morgan fingerprint density at radius 3 is 2.61 bits per heavy atom. The van der Waals surface area contributed by atoms with Crippen molar-refractivity contribution in [2.45, 2.75) is 43.0 Å². The van der Waals surface area contributed by atoms with E-state index in [4.69, 9.17) is 27.7 Å². The van der Waals surface area contributed by atoms with Gasteiger partial charge in [-0.3, -0.25) is 4.79 Å². The molecule has 2 N–H and O–H groups in total. The predicted molar refractivity (Wildman–Crippen MR) is 108 cm³/mol. The number of thioether (sulfide) groups is 1. The Hall–Kier alpha value is -1.90. The van der Waals surface area contributed by atoms with Gasteiger partial charge in [0.05, 0.1) is 10.0 Å². The lowest BCUT2D eigenvalue weighted by Gasteiger charge is -2.44. The lowest BCUT2D eigenvalue weighted by Crippen LogP contribution is -2.68. The maximum absolute atomic E-state index is 12.7. The van der Waals surface area contributed by atoms with Crippen molar-refractivity contribution < 1.29 is 19.2 Å². The second-order valence-corrected chi connectivity index (χ2v) is 9.86. The average Bonchev–Trinajstić information content (AvgIpc) is 3.08. The fourth-order valence-corrected chi connectivity index (χ4v) is 5.94. The number of β-lactam (4-membered cyclic amide) rings is 1. The molecule has 0 radical (unpaired) electrons. The van der Waals surface area contributed by atoms with Gasteiger partial charge >= 0.3 is 5.97 Å². The topological polar surface area (TPSA) is 95.7 Å². The molecule has 2 saturated heterocycles. The van der Waals surface area contributed by atoms with Crippen molar-refractivity contribution in [1.82, 2.24) is 10.1 Å². The molecule has 3 unspecified atom stereocenters. The SMILES string of the molecule is Cc1onc(-c2c(Cl)cccc2Cl)c1NC1C(=O)N2C1SC(C)(C)C2C(=O)O. The lowest BCUT2D eigenvalue weighted by molar-refractivity contribution is -0.158. The number of halogens is 2. The first kappa shape index (κ1) is 19.4. The summed E-state index contributed by atoms with van der Waals surface area (Å²) in [7, 11) is 0. The molecule has 1 aromatic carbocycles. The van der Waals surface area contributed by atoms with E-state index in [1.165, 1.54) is 16.7 Å². The number of fused-ring (bicyclic) bond motifs is 1. The summed E-state index contributed by atoms with van der Waals surface area (Å²) in [6, 6.07) is 3.66. The van der Waals surface area contributed by atoms with Crippen LogP contribution in [0.1, 0.15) is 19.6 Å². The highest BCUT2D eigenvalue weighted by Gasteiger charge is 2.64. The van der Waals surface area contributed by atoms with Gasteiger partial charge in [-0.05, 0) is 32.9 Å². The number of amides is 1. The summed E-state index contributed by atoms with van der Waals surface area (Å²) in [6.07, 6.45) is 0. The van der Waals surface area contributed by atoms with Crippen molar-refractivity contribution in [3.05, 3.63) is 34.0 Å². The number of hydrogen-bond donors (Lipinski definition) is 2.